The van der Waals surface area contributed by atoms with Crippen LogP contribution in [0.4, 0.5) is 0 Å². The van der Waals surface area contributed by atoms with Crippen molar-refractivity contribution in [1.82, 2.24) is 24.6 Å². The minimum absolute atomic E-state index is 0.0296. The summed E-state index contributed by atoms with van der Waals surface area (Å²) in [6.45, 7) is 13.8. The molecular formula is C28H36N6O2. The number of rotatable bonds is 7. The summed E-state index contributed by atoms with van der Waals surface area (Å²) in [5.74, 6) is -0.311. The molecule has 36 heavy (non-hydrogen) atoms. The predicted octanol–water partition coefficient (Wildman–Crippen LogP) is 3.87. The first-order chi connectivity index (χ1) is 17.2. The predicted molar refractivity (Wildman–Crippen MR) is 142 cm³/mol. The number of aryl methyl sites for hydroxylation is 1. The Kier molecular flexibility index (Phi) is 7.54. The topological polar surface area (TPSA) is 97.4 Å². The number of hydrogen-bond donors (Lipinski definition) is 1. The second-order valence-corrected chi connectivity index (χ2v) is 10.0. The van der Waals surface area contributed by atoms with Crippen molar-refractivity contribution in [3.63, 3.8) is 0 Å². The van der Waals surface area contributed by atoms with Crippen LogP contribution < -0.4 is 5.73 Å². The number of hydrogen-bond acceptors (Lipinski definition) is 5. The smallest absolute Gasteiger partial charge is 0.249 e. The summed E-state index contributed by atoms with van der Waals surface area (Å²) in [6, 6.07) is 10.1. The first-order valence-corrected chi connectivity index (χ1v) is 12.6. The summed E-state index contributed by atoms with van der Waals surface area (Å²) >= 11 is 0. The molecule has 1 aliphatic rings. The van der Waals surface area contributed by atoms with Crippen molar-refractivity contribution >= 4 is 11.8 Å². The number of piperazine rings is 1. The van der Waals surface area contributed by atoms with Crippen molar-refractivity contribution in [3.05, 3.63) is 59.4 Å². The second-order valence-electron chi connectivity index (χ2n) is 10.0. The molecule has 1 fully saturated rings. The Morgan fingerprint density at radius 2 is 1.78 bits per heavy atom. The highest BCUT2D eigenvalue weighted by Crippen LogP contribution is 2.37. The van der Waals surface area contributed by atoms with Crippen LogP contribution in [0.3, 0.4) is 0 Å². The van der Waals surface area contributed by atoms with Gasteiger partial charge in [0.25, 0.3) is 0 Å². The highest BCUT2D eigenvalue weighted by atomic mass is 16.2. The van der Waals surface area contributed by atoms with Gasteiger partial charge in [-0.2, -0.15) is 5.10 Å². The summed E-state index contributed by atoms with van der Waals surface area (Å²) in [4.78, 5) is 33.4. The van der Waals surface area contributed by atoms with Gasteiger partial charge in [0.1, 0.15) is 0 Å². The van der Waals surface area contributed by atoms with Gasteiger partial charge in [-0.05, 0) is 62.1 Å². The molecule has 1 aliphatic heterocycles. The molecule has 0 saturated carbocycles. The molecule has 3 aromatic rings. The Hall–Kier alpha value is -3.52. The normalized spacial score (nSPS) is 15.3. The maximum atomic E-state index is 12.8. The molecule has 8 nitrogen and oxygen atoms in total. The SMILES string of the molecule is CC(=O)N1CCN(C[C@H](C)c2c(C(N)=O)cc(-c3ccc(C)cn3)cc2-c2ccnn2C(C)C)CC1. The number of benzene rings is 1. The Morgan fingerprint density at radius 1 is 1.06 bits per heavy atom. The van der Waals surface area contributed by atoms with E-state index in [2.05, 4.69) is 41.8 Å². The molecule has 0 radical (unpaired) electrons. The van der Waals surface area contributed by atoms with E-state index in [4.69, 9.17) is 5.73 Å². The summed E-state index contributed by atoms with van der Waals surface area (Å²) in [7, 11) is 0. The lowest BCUT2D eigenvalue weighted by Crippen LogP contribution is -2.48. The van der Waals surface area contributed by atoms with E-state index in [0.717, 1.165) is 66.4 Å². The highest BCUT2D eigenvalue weighted by Gasteiger charge is 2.27. The van der Waals surface area contributed by atoms with Crippen molar-refractivity contribution in [2.24, 2.45) is 5.73 Å². The molecule has 1 atom stereocenters. The molecular weight excluding hydrogens is 452 g/mol. The lowest BCUT2D eigenvalue weighted by Gasteiger charge is -2.36. The Morgan fingerprint density at radius 3 is 2.36 bits per heavy atom. The highest BCUT2D eigenvalue weighted by molar-refractivity contribution is 5.98. The molecule has 0 unspecified atom stereocenters. The minimum atomic E-state index is -0.455. The minimum Gasteiger partial charge on any atom is -0.366 e. The summed E-state index contributed by atoms with van der Waals surface area (Å²) in [5, 5.41) is 4.56. The third-order valence-corrected chi connectivity index (χ3v) is 6.93. The van der Waals surface area contributed by atoms with E-state index in [1.54, 1.807) is 13.1 Å². The summed E-state index contributed by atoms with van der Waals surface area (Å²) < 4.78 is 1.98. The van der Waals surface area contributed by atoms with E-state index in [9.17, 15) is 9.59 Å². The molecule has 4 rings (SSSR count). The summed E-state index contributed by atoms with van der Waals surface area (Å²) in [6.07, 6.45) is 3.63. The van der Waals surface area contributed by atoms with Crippen LogP contribution >= 0.6 is 0 Å². The van der Waals surface area contributed by atoms with Crippen LogP contribution in [0, 0.1) is 6.92 Å². The first kappa shape index (κ1) is 25.6. The van der Waals surface area contributed by atoms with Crippen LogP contribution in [-0.2, 0) is 4.79 Å². The molecule has 2 amide bonds. The molecule has 8 heteroatoms. The van der Waals surface area contributed by atoms with E-state index in [1.165, 1.54) is 0 Å². The molecule has 3 heterocycles. The van der Waals surface area contributed by atoms with Crippen LogP contribution in [0.1, 0.15) is 61.1 Å². The van der Waals surface area contributed by atoms with Crippen LogP contribution in [-0.4, -0.2) is 69.1 Å². The lowest BCUT2D eigenvalue weighted by atomic mass is 9.86. The maximum absolute atomic E-state index is 12.8. The number of carbonyl (C=O) groups excluding carboxylic acids is 2. The monoisotopic (exact) mass is 488 g/mol. The van der Waals surface area contributed by atoms with Gasteiger partial charge in [0.2, 0.25) is 11.8 Å². The number of carbonyl (C=O) groups is 2. The number of amides is 2. The fourth-order valence-electron chi connectivity index (χ4n) is 5.05. The maximum Gasteiger partial charge on any atom is 0.249 e. The zero-order valence-electron chi connectivity index (χ0n) is 21.9. The molecule has 2 N–H and O–H groups in total. The van der Waals surface area contributed by atoms with Crippen LogP contribution in [0.2, 0.25) is 0 Å². The van der Waals surface area contributed by atoms with Crippen molar-refractivity contribution < 1.29 is 9.59 Å². The van der Waals surface area contributed by atoms with Gasteiger partial charge in [-0.1, -0.05) is 13.0 Å². The van der Waals surface area contributed by atoms with Gasteiger partial charge < -0.3 is 10.6 Å². The second kappa shape index (κ2) is 10.6. The average molecular weight is 489 g/mol. The fraction of sp³-hybridized carbons (Fsp3) is 0.429. The van der Waals surface area contributed by atoms with E-state index in [1.807, 2.05) is 47.0 Å². The van der Waals surface area contributed by atoms with Crippen molar-refractivity contribution in [3.8, 4) is 22.5 Å². The molecule has 0 aliphatic carbocycles. The first-order valence-electron chi connectivity index (χ1n) is 12.6. The largest absolute Gasteiger partial charge is 0.366 e. The lowest BCUT2D eigenvalue weighted by molar-refractivity contribution is -0.130. The van der Waals surface area contributed by atoms with Gasteiger partial charge in [-0.15, -0.1) is 0 Å². The molecule has 1 saturated heterocycles. The van der Waals surface area contributed by atoms with Crippen molar-refractivity contribution in [2.45, 2.75) is 46.6 Å². The third kappa shape index (κ3) is 5.33. The number of pyridine rings is 1. The quantitative estimate of drug-likeness (QED) is 0.545. The molecule has 1 aromatic carbocycles. The Labute approximate surface area is 213 Å². The molecule has 2 aromatic heterocycles. The van der Waals surface area contributed by atoms with Gasteiger partial charge >= 0.3 is 0 Å². The standard InChI is InChI=1S/C28H36N6O2/c1-18(2)34-26(8-9-31-34)23-14-22(25-7-6-19(3)16-30-25)15-24(28(29)36)27(23)20(4)17-32-10-12-33(13-11-32)21(5)35/h6-9,14-16,18,20H,10-13,17H2,1-5H3,(H2,29,36)/t20-/m0/s1. The fourth-order valence-corrected chi connectivity index (χ4v) is 5.05. The molecule has 0 spiro atoms. The number of aromatic nitrogens is 3. The van der Waals surface area contributed by atoms with Gasteiger partial charge in [-0.25, -0.2) is 0 Å². The number of nitrogens with two attached hydrogens (primary N) is 1. The Balaban J connectivity index is 1.80. The average Bonchev–Trinajstić information content (AvgIpc) is 3.34. The van der Waals surface area contributed by atoms with Crippen molar-refractivity contribution in [1.29, 1.82) is 0 Å². The number of nitrogens with zero attached hydrogens (tertiary/aromatic N) is 5. The van der Waals surface area contributed by atoms with Crippen LogP contribution in [0.15, 0.2) is 42.7 Å². The Bertz CT molecular complexity index is 1240. The van der Waals surface area contributed by atoms with E-state index < -0.39 is 5.91 Å². The molecule has 190 valence electrons. The third-order valence-electron chi connectivity index (χ3n) is 6.93. The van der Waals surface area contributed by atoms with Crippen LogP contribution in [0.5, 0.6) is 0 Å². The zero-order chi connectivity index (χ0) is 26.0. The van der Waals surface area contributed by atoms with E-state index in [-0.39, 0.29) is 17.9 Å². The number of primary amides is 1. The van der Waals surface area contributed by atoms with Crippen molar-refractivity contribution in [2.75, 3.05) is 32.7 Å². The van der Waals surface area contributed by atoms with Gasteiger partial charge in [0, 0.05) is 74.8 Å². The van der Waals surface area contributed by atoms with Crippen LogP contribution in [0.25, 0.3) is 22.5 Å². The van der Waals surface area contributed by atoms with Gasteiger partial charge in [0.15, 0.2) is 0 Å². The van der Waals surface area contributed by atoms with E-state index in [0.29, 0.717) is 5.56 Å². The van der Waals surface area contributed by atoms with E-state index >= 15 is 0 Å². The molecule has 0 bridgehead atoms. The van der Waals surface area contributed by atoms with Gasteiger partial charge in [0.05, 0.1) is 11.4 Å². The van der Waals surface area contributed by atoms with Gasteiger partial charge in [-0.3, -0.25) is 24.2 Å². The summed E-state index contributed by atoms with van der Waals surface area (Å²) in [5.41, 5.74) is 12.0. The zero-order valence-corrected chi connectivity index (χ0v) is 21.9.